The van der Waals surface area contributed by atoms with Gasteiger partial charge in [-0.05, 0) is 61.3 Å². The van der Waals surface area contributed by atoms with Crippen molar-refractivity contribution >= 4 is 21.7 Å². The lowest BCUT2D eigenvalue weighted by Crippen LogP contribution is -2.41. The summed E-state index contributed by atoms with van der Waals surface area (Å²) in [6.07, 6.45) is 2.69. The highest BCUT2D eigenvalue weighted by Gasteiger charge is 2.64. The fraction of sp³-hybridized carbons (Fsp3) is 0.500. The van der Waals surface area contributed by atoms with Gasteiger partial charge in [0.15, 0.2) is 5.82 Å². The van der Waals surface area contributed by atoms with Gasteiger partial charge in [-0.1, -0.05) is 52.8 Å². The summed E-state index contributed by atoms with van der Waals surface area (Å²) in [6, 6.07) is 12.9. The zero-order chi connectivity index (χ0) is 29.1. The summed E-state index contributed by atoms with van der Waals surface area (Å²) in [5, 5.41) is 4.59. The number of carbonyl (C=O) groups excluding carboxylic acids is 1. The van der Waals surface area contributed by atoms with Crippen molar-refractivity contribution in [3.63, 3.8) is 0 Å². The molecule has 0 spiro atoms. The Morgan fingerprint density at radius 3 is 2.30 bits per heavy atom. The van der Waals surface area contributed by atoms with Gasteiger partial charge in [0.05, 0.1) is 17.1 Å². The van der Waals surface area contributed by atoms with Crippen LogP contribution in [0.2, 0.25) is 0 Å². The molecule has 1 atom stereocenters. The summed E-state index contributed by atoms with van der Waals surface area (Å²) < 4.78 is 35.7. The lowest BCUT2D eigenvalue weighted by molar-refractivity contribution is 0.0981. The minimum absolute atomic E-state index is 0.0200. The van der Waals surface area contributed by atoms with Crippen molar-refractivity contribution in [1.82, 2.24) is 19.5 Å². The minimum atomic E-state index is -4.05. The van der Waals surface area contributed by atoms with E-state index in [-0.39, 0.29) is 26.8 Å². The van der Waals surface area contributed by atoms with Crippen LogP contribution in [0.5, 0.6) is 5.88 Å². The van der Waals surface area contributed by atoms with Crippen LogP contribution in [0.1, 0.15) is 65.2 Å². The summed E-state index contributed by atoms with van der Waals surface area (Å²) >= 11 is 0. The van der Waals surface area contributed by atoms with Crippen LogP contribution in [0.3, 0.4) is 0 Å². The number of sulfonamides is 1. The molecule has 2 fully saturated rings. The third-order valence-corrected chi connectivity index (χ3v) is 10.6. The summed E-state index contributed by atoms with van der Waals surface area (Å²) in [5.74, 6) is 1.53. The normalized spacial score (nSPS) is 21.3. The number of pyridine rings is 1. The van der Waals surface area contributed by atoms with E-state index in [0.29, 0.717) is 42.5 Å². The number of nitrogens with zero attached hydrogens (tertiary/aromatic N) is 4. The number of nitrogens with one attached hydrogen (secondary N) is 1. The fourth-order valence-electron chi connectivity index (χ4n) is 6.17. The Morgan fingerprint density at radius 1 is 1.02 bits per heavy atom. The van der Waals surface area contributed by atoms with Crippen molar-refractivity contribution in [2.75, 3.05) is 18.1 Å². The predicted octanol–water partition coefficient (Wildman–Crippen LogP) is 5.07. The number of benzene rings is 1. The van der Waals surface area contributed by atoms with Gasteiger partial charge in [-0.3, -0.25) is 4.79 Å². The Kier molecular flexibility index (Phi) is 6.76. The Hall–Kier alpha value is -3.40. The first-order valence-corrected chi connectivity index (χ1v) is 15.2. The quantitative estimate of drug-likeness (QED) is 0.406. The van der Waals surface area contributed by atoms with Gasteiger partial charge in [0.2, 0.25) is 5.88 Å². The van der Waals surface area contributed by atoms with Crippen molar-refractivity contribution < 1.29 is 17.9 Å². The van der Waals surface area contributed by atoms with Gasteiger partial charge in [0.1, 0.15) is 5.82 Å². The summed E-state index contributed by atoms with van der Waals surface area (Å²) in [4.78, 5) is 20.4. The molecule has 0 unspecified atom stereocenters. The molecular formula is C30H39N5O4S. The van der Waals surface area contributed by atoms with E-state index in [1.54, 1.807) is 47.3 Å². The molecule has 10 heteroatoms. The molecule has 1 aromatic carbocycles. The average molecular weight is 566 g/mol. The fourth-order valence-corrected chi connectivity index (χ4v) is 7.16. The SMILES string of the molecule is C[C@@H]1CN(c2nc(-n3ccc(OCC4C(C)(C)C4(C)C)n3)ccc2C(=O)NS(=O)(=O)c2ccccc2)C(C)(C)C1. The summed E-state index contributed by atoms with van der Waals surface area (Å²) in [7, 11) is -4.05. The Morgan fingerprint density at radius 2 is 1.70 bits per heavy atom. The first-order valence-electron chi connectivity index (χ1n) is 13.7. The van der Waals surface area contributed by atoms with E-state index >= 15 is 0 Å². The van der Waals surface area contributed by atoms with Crippen molar-refractivity contribution in [1.29, 1.82) is 0 Å². The van der Waals surface area contributed by atoms with Crippen LogP contribution in [0.25, 0.3) is 5.82 Å². The van der Waals surface area contributed by atoms with E-state index in [9.17, 15) is 13.2 Å². The molecule has 1 aliphatic heterocycles. The van der Waals surface area contributed by atoms with Gasteiger partial charge >= 0.3 is 0 Å². The molecule has 0 bridgehead atoms. The first kappa shape index (κ1) is 28.1. The van der Waals surface area contributed by atoms with Crippen LogP contribution in [-0.4, -0.2) is 47.8 Å². The number of aromatic nitrogens is 3. The predicted molar refractivity (Wildman–Crippen MR) is 154 cm³/mol. The lowest BCUT2D eigenvalue weighted by Gasteiger charge is -2.34. The largest absolute Gasteiger partial charge is 0.476 e. The van der Waals surface area contributed by atoms with Gasteiger partial charge in [0, 0.05) is 30.3 Å². The molecule has 1 saturated carbocycles. The number of rotatable bonds is 8. The molecule has 40 heavy (non-hydrogen) atoms. The summed E-state index contributed by atoms with van der Waals surface area (Å²) in [5.41, 5.74) is 0.347. The second kappa shape index (κ2) is 9.61. The molecule has 1 N–H and O–H groups in total. The second-order valence-electron chi connectivity index (χ2n) is 12.9. The van der Waals surface area contributed by atoms with Crippen molar-refractivity contribution in [3.05, 3.63) is 60.3 Å². The molecule has 2 aromatic heterocycles. The highest BCUT2D eigenvalue weighted by Crippen LogP contribution is 2.68. The van der Waals surface area contributed by atoms with Gasteiger partial charge in [-0.25, -0.2) is 22.8 Å². The van der Waals surface area contributed by atoms with E-state index in [0.717, 1.165) is 6.42 Å². The van der Waals surface area contributed by atoms with Crippen molar-refractivity contribution in [2.24, 2.45) is 22.7 Å². The molecule has 0 radical (unpaired) electrons. The van der Waals surface area contributed by atoms with Crippen molar-refractivity contribution in [2.45, 2.75) is 65.3 Å². The maximum absolute atomic E-state index is 13.4. The smallest absolute Gasteiger partial charge is 0.268 e. The number of ether oxygens (including phenoxy) is 1. The zero-order valence-corrected chi connectivity index (χ0v) is 25.1. The molecule has 1 saturated heterocycles. The molecular weight excluding hydrogens is 526 g/mol. The van der Waals surface area contributed by atoms with E-state index in [1.165, 1.54) is 12.1 Å². The number of anilines is 1. The van der Waals surface area contributed by atoms with Crippen LogP contribution in [0.4, 0.5) is 5.82 Å². The molecule has 1 aliphatic carbocycles. The van der Waals surface area contributed by atoms with E-state index in [1.807, 2.05) is 0 Å². The van der Waals surface area contributed by atoms with Crippen molar-refractivity contribution in [3.8, 4) is 11.7 Å². The number of amides is 1. The Balaban J connectivity index is 1.44. The topological polar surface area (TPSA) is 106 Å². The van der Waals surface area contributed by atoms with Crippen LogP contribution < -0.4 is 14.4 Å². The maximum Gasteiger partial charge on any atom is 0.268 e. The van der Waals surface area contributed by atoms with Crippen LogP contribution >= 0.6 is 0 Å². The first-order chi connectivity index (χ1) is 18.6. The van der Waals surface area contributed by atoms with Gasteiger partial charge < -0.3 is 9.64 Å². The third-order valence-electron chi connectivity index (χ3n) is 9.23. The molecule has 3 heterocycles. The van der Waals surface area contributed by atoms with E-state index in [2.05, 4.69) is 63.2 Å². The van der Waals surface area contributed by atoms with E-state index in [4.69, 9.17) is 9.72 Å². The third kappa shape index (κ3) is 4.98. The van der Waals surface area contributed by atoms with Gasteiger partial charge in [-0.15, -0.1) is 5.10 Å². The number of hydrogen-bond acceptors (Lipinski definition) is 7. The summed E-state index contributed by atoms with van der Waals surface area (Å²) in [6.45, 7) is 16.7. The molecule has 3 aromatic rings. The molecule has 9 nitrogen and oxygen atoms in total. The lowest BCUT2D eigenvalue weighted by atomic mass is 9.97. The highest BCUT2D eigenvalue weighted by atomic mass is 32.2. The minimum Gasteiger partial charge on any atom is -0.476 e. The molecule has 1 amide bonds. The van der Waals surface area contributed by atoms with Gasteiger partial charge in [0.25, 0.3) is 15.9 Å². The molecule has 5 rings (SSSR count). The number of carbonyl (C=O) groups is 1. The standard InChI is InChI=1S/C30H39N5O4S/c1-20-17-28(2,3)34(18-20)26-22(27(36)33-40(37,38)21-11-9-8-10-12-21)13-14-24(31-26)35-16-15-25(32-35)39-19-23-29(4,5)30(23,6)7/h8-16,20,23H,17-19H2,1-7H3,(H,33,36)/t20-/m0/s1. The average Bonchev–Trinajstić information content (AvgIpc) is 3.27. The Labute approximate surface area is 237 Å². The van der Waals surface area contributed by atoms with Crippen LogP contribution in [0, 0.1) is 22.7 Å². The van der Waals surface area contributed by atoms with E-state index < -0.39 is 15.9 Å². The highest BCUT2D eigenvalue weighted by molar-refractivity contribution is 7.90. The van der Waals surface area contributed by atoms with Crippen LogP contribution in [0.15, 0.2) is 59.6 Å². The number of hydrogen-bond donors (Lipinski definition) is 1. The monoisotopic (exact) mass is 565 g/mol. The van der Waals surface area contributed by atoms with Gasteiger partial charge in [-0.2, -0.15) is 0 Å². The maximum atomic E-state index is 13.4. The molecule has 2 aliphatic rings. The zero-order valence-electron chi connectivity index (χ0n) is 24.3. The molecule has 214 valence electrons. The second-order valence-corrected chi connectivity index (χ2v) is 14.6. The Bertz CT molecular complexity index is 1510. The van der Waals surface area contributed by atoms with Crippen LogP contribution in [-0.2, 0) is 10.0 Å².